The predicted octanol–water partition coefficient (Wildman–Crippen LogP) is 3.86. The topological polar surface area (TPSA) is 77.2 Å². The summed E-state index contributed by atoms with van der Waals surface area (Å²) in [5.41, 5.74) is 1.16. The van der Waals surface area contributed by atoms with Crippen molar-refractivity contribution in [3.8, 4) is 0 Å². The van der Waals surface area contributed by atoms with Crippen molar-refractivity contribution < 1.29 is 14.1 Å². The van der Waals surface area contributed by atoms with Crippen LogP contribution in [0.1, 0.15) is 58.2 Å². The maximum Gasteiger partial charge on any atom is 0.243 e. The third-order valence-corrected chi connectivity index (χ3v) is 5.03. The molecule has 1 aliphatic heterocycles. The number of aromatic nitrogens is 2. The first-order chi connectivity index (χ1) is 12.8. The Bertz CT molecular complexity index is 707. The van der Waals surface area contributed by atoms with E-state index in [1.165, 1.54) is 6.08 Å². The van der Waals surface area contributed by atoms with Crippen LogP contribution < -0.4 is 5.32 Å². The molecule has 1 aliphatic rings. The van der Waals surface area contributed by atoms with Gasteiger partial charge in [-0.15, -0.1) is 0 Å². The zero-order valence-corrected chi connectivity index (χ0v) is 16.9. The van der Waals surface area contributed by atoms with Crippen LogP contribution >= 0.6 is 0 Å². The van der Waals surface area contributed by atoms with Gasteiger partial charge in [0.05, 0.1) is 18.2 Å². The van der Waals surface area contributed by atoms with Gasteiger partial charge in [0.15, 0.2) is 5.82 Å². The summed E-state index contributed by atoms with van der Waals surface area (Å²) in [6, 6.07) is 0.000562. The molecule has 1 aromatic rings. The summed E-state index contributed by atoms with van der Waals surface area (Å²) < 4.78 is 11.1. The summed E-state index contributed by atoms with van der Waals surface area (Å²) in [7, 11) is 0. The van der Waals surface area contributed by atoms with E-state index in [1.54, 1.807) is 13.0 Å². The third kappa shape index (κ3) is 6.17. The van der Waals surface area contributed by atoms with Crippen LogP contribution in [0, 0.1) is 12.8 Å². The summed E-state index contributed by atoms with van der Waals surface area (Å²) in [4.78, 5) is 16.5. The van der Waals surface area contributed by atoms with Crippen LogP contribution in [0.4, 0.5) is 0 Å². The van der Waals surface area contributed by atoms with Gasteiger partial charge in [0.2, 0.25) is 11.8 Å². The highest BCUT2D eigenvalue weighted by Gasteiger charge is 2.33. The van der Waals surface area contributed by atoms with Gasteiger partial charge in [-0.3, -0.25) is 4.79 Å². The van der Waals surface area contributed by atoms with Crippen molar-refractivity contribution in [2.24, 2.45) is 5.92 Å². The number of amides is 1. The number of rotatable bonds is 7. The lowest BCUT2D eigenvalue weighted by molar-refractivity contribution is -0.123. The van der Waals surface area contributed by atoms with Crippen LogP contribution in [-0.4, -0.2) is 34.3 Å². The maximum absolute atomic E-state index is 12.3. The van der Waals surface area contributed by atoms with Gasteiger partial charge in [-0.25, -0.2) is 0 Å². The fourth-order valence-electron chi connectivity index (χ4n) is 3.15. The molecule has 2 rings (SSSR count). The number of aryl methyl sites for hydroxylation is 1. The lowest BCUT2D eigenvalue weighted by Gasteiger charge is -2.39. The number of hydrogen-bond acceptors (Lipinski definition) is 5. The number of carbonyl (C=O) groups is 1. The van der Waals surface area contributed by atoms with Crippen molar-refractivity contribution >= 4 is 5.91 Å². The molecular formula is C21H31N3O3. The Hall–Kier alpha value is -2.21. The second-order valence-electron chi connectivity index (χ2n) is 7.42. The molecule has 5 atom stereocenters. The number of hydrogen-bond donors (Lipinski definition) is 1. The number of carbonyl (C=O) groups excluding carboxylic acids is 1. The molecule has 0 spiro atoms. The second-order valence-corrected chi connectivity index (χ2v) is 7.42. The van der Waals surface area contributed by atoms with Crippen molar-refractivity contribution in [2.45, 2.75) is 71.6 Å². The van der Waals surface area contributed by atoms with E-state index in [4.69, 9.17) is 9.26 Å². The number of allylic oxidation sites excluding steroid dienone is 3. The SMILES string of the molecule is C=C/C(C)=C/C[C@@H]1O[C@H](C)[C@H](NC(=O)/C=C\C(C)c2noc(C)n2)C[C@@H]1C. The first-order valence-electron chi connectivity index (χ1n) is 9.53. The third-order valence-electron chi connectivity index (χ3n) is 5.03. The van der Waals surface area contributed by atoms with E-state index in [9.17, 15) is 4.79 Å². The molecule has 27 heavy (non-hydrogen) atoms. The van der Waals surface area contributed by atoms with Crippen molar-refractivity contribution in [2.75, 3.05) is 0 Å². The van der Waals surface area contributed by atoms with Crippen molar-refractivity contribution in [3.63, 3.8) is 0 Å². The van der Waals surface area contributed by atoms with Crippen LogP contribution in [0.5, 0.6) is 0 Å². The fourth-order valence-corrected chi connectivity index (χ4v) is 3.15. The molecule has 0 radical (unpaired) electrons. The lowest BCUT2D eigenvalue weighted by atomic mass is 9.88. The van der Waals surface area contributed by atoms with Gasteiger partial charge in [0.25, 0.3) is 0 Å². The van der Waals surface area contributed by atoms with Gasteiger partial charge >= 0.3 is 0 Å². The van der Waals surface area contributed by atoms with E-state index in [0.29, 0.717) is 17.6 Å². The zero-order valence-electron chi connectivity index (χ0n) is 16.9. The van der Waals surface area contributed by atoms with Gasteiger partial charge in [-0.1, -0.05) is 49.4 Å². The Labute approximate surface area is 161 Å². The molecule has 1 saturated heterocycles. The minimum Gasteiger partial charge on any atom is -0.373 e. The molecule has 0 saturated carbocycles. The van der Waals surface area contributed by atoms with E-state index in [0.717, 1.165) is 18.4 Å². The molecule has 2 heterocycles. The minimum absolute atomic E-state index is 0.000562. The van der Waals surface area contributed by atoms with Crippen molar-refractivity contribution in [1.82, 2.24) is 15.5 Å². The minimum atomic E-state index is -0.129. The Kier molecular flexibility index (Phi) is 7.54. The fraction of sp³-hybridized carbons (Fsp3) is 0.571. The molecule has 1 N–H and O–H groups in total. The largest absolute Gasteiger partial charge is 0.373 e. The Morgan fingerprint density at radius 1 is 1.44 bits per heavy atom. The number of nitrogens with one attached hydrogen (secondary N) is 1. The average molecular weight is 373 g/mol. The Morgan fingerprint density at radius 3 is 2.81 bits per heavy atom. The molecule has 0 bridgehead atoms. The van der Waals surface area contributed by atoms with E-state index in [-0.39, 0.29) is 30.1 Å². The number of nitrogens with zero attached hydrogens (tertiary/aromatic N) is 2. The first-order valence-corrected chi connectivity index (χ1v) is 9.53. The average Bonchev–Trinajstić information content (AvgIpc) is 3.07. The van der Waals surface area contributed by atoms with Gasteiger partial charge in [-0.05, 0) is 38.7 Å². The smallest absolute Gasteiger partial charge is 0.243 e. The summed E-state index contributed by atoms with van der Waals surface area (Å²) in [5, 5.41) is 6.94. The van der Waals surface area contributed by atoms with E-state index in [2.05, 4.69) is 35.0 Å². The van der Waals surface area contributed by atoms with E-state index < -0.39 is 0 Å². The molecule has 148 valence electrons. The van der Waals surface area contributed by atoms with Gasteiger partial charge in [0, 0.05) is 12.8 Å². The molecule has 0 aliphatic carbocycles. The molecule has 1 amide bonds. The Balaban J connectivity index is 1.87. The van der Waals surface area contributed by atoms with Crippen LogP contribution in [0.3, 0.4) is 0 Å². The molecular weight excluding hydrogens is 342 g/mol. The maximum atomic E-state index is 12.3. The van der Waals surface area contributed by atoms with E-state index in [1.807, 2.05) is 26.8 Å². The predicted molar refractivity (Wildman–Crippen MR) is 105 cm³/mol. The lowest BCUT2D eigenvalue weighted by Crippen LogP contribution is -2.50. The zero-order chi connectivity index (χ0) is 20.0. The van der Waals surface area contributed by atoms with Gasteiger partial charge < -0.3 is 14.6 Å². The quantitative estimate of drug-likeness (QED) is 0.580. The summed E-state index contributed by atoms with van der Waals surface area (Å²) >= 11 is 0. The van der Waals surface area contributed by atoms with Crippen LogP contribution in [0.25, 0.3) is 0 Å². The standard InChI is InChI=1S/C21H31N3O3/c1-7-13(2)8-10-19-15(4)12-18(16(5)26-19)23-20(25)11-9-14(3)21-22-17(6)27-24-21/h7-9,11,14-16,18-19H,1,10,12H2,2-6H3,(H,23,25)/b11-9-,13-8+/t14?,15-,16+,18+,19-/m0/s1. The van der Waals surface area contributed by atoms with Gasteiger partial charge in [0.1, 0.15) is 0 Å². The molecule has 6 heteroatoms. The molecule has 1 unspecified atom stereocenters. The highest BCUT2D eigenvalue weighted by molar-refractivity contribution is 5.87. The monoisotopic (exact) mass is 373 g/mol. The molecule has 6 nitrogen and oxygen atoms in total. The van der Waals surface area contributed by atoms with Crippen LogP contribution in [-0.2, 0) is 9.53 Å². The first kappa shape index (κ1) is 21.1. The highest BCUT2D eigenvalue weighted by Crippen LogP contribution is 2.28. The molecule has 1 aromatic heterocycles. The highest BCUT2D eigenvalue weighted by atomic mass is 16.5. The summed E-state index contributed by atoms with van der Waals surface area (Å²) in [5.74, 6) is 1.24. The van der Waals surface area contributed by atoms with Crippen molar-refractivity contribution in [3.05, 3.63) is 48.2 Å². The van der Waals surface area contributed by atoms with Crippen LogP contribution in [0.15, 0.2) is 41.0 Å². The molecule has 0 aromatic carbocycles. The summed E-state index contributed by atoms with van der Waals surface area (Å²) in [6.07, 6.45) is 9.22. The number of ether oxygens (including phenoxy) is 1. The molecule has 1 fully saturated rings. The summed E-state index contributed by atoms with van der Waals surface area (Å²) in [6.45, 7) is 13.7. The van der Waals surface area contributed by atoms with Crippen LogP contribution in [0.2, 0.25) is 0 Å². The van der Waals surface area contributed by atoms with Gasteiger partial charge in [-0.2, -0.15) is 4.98 Å². The van der Waals surface area contributed by atoms with Crippen molar-refractivity contribution in [1.29, 1.82) is 0 Å². The van der Waals surface area contributed by atoms with E-state index >= 15 is 0 Å². The normalized spacial score (nSPS) is 27.5. The second kappa shape index (κ2) is 9.65. The Morgan fingerprint density at radius 2 is 2.19 bits per heavy atom.